The Hall–Kier alpha value is -3.08. The van der Waals surface area contributed by atoms with Crippen LogP contribution in [0.4, 0.5) is 5.82 Å². The summed E-state index contributed by atoms with van der Waals surface area (Å²) in [5.41, 5.74) is 0.967. The van der Waals surface area contributed by atoms with Crippen LogP contribution in [0.2, 0.25) is 0 Å². The molecule has 8 nitrogen and oxygen atoms in total. The molecule has 0 saturated heterocycles. The quantitative estimate of drug-likeness (QED) is 0.448. The molecule has 10 heteroatoms. The number of hydrogen-bond donors (Lipinski definition) is 3. The molecule has 1 aliphatic rings. The molecule has 4 rings (SSSR count). The van der Waals surface area contributed by atoms with Crippen LogP contribution in [-0.4, -0.2) is 50.9 Å². The monoisotopic (exact) mass is 481 g/mol. The van der Waals surface area contributed by atoms with Crippen molar-refractivity contribution in [2.75, 3.05) is 25.5 Å². The van der Waals surface area contributed by atoms with Crippen LogP contribution in [0.25, 0.3) is 0 Å². The molecule has 1 aromatic carbocycles. The lowest BCUT2D eigenvalue weighted by atomic mass is 10.1. The van der Waals surface area contributed by atoms with Gasteiger partial charge in [0.05, 0.1) is 24.3 Å². The number of aliphatic hydroxyl groups is 1. The van der Waals surface area contributed by atoms with Crippen molar-refractivity contribution in [2.45, 2.75) is 15.6 Å². The summed E-state index contributed by atoms with van der Waals surface area (Å²) >= 11 is 3.25. The number of benzene rings is 1. The van der Waals surface area contributed by atoms with Gasteiger partial charge in [-0.15, -0.1) is 11.8 Å². The Bertz CT molecular complexity index is 1130. The van der Waals surface area contributed by atoms with E-state index in [2.05, 4.69) is 25.6 Å². The number of hydrogen-bond acceptors (Lipinski definition) is 9. The molecule has 2 atom stereocenters. The number of anilines is 1. The minimum Gasteiger partial charge on any atom is -0.497 e. The minimum atomic E-state index is -0.848. The van der Waals surface area contributed by atoms with Gasteiger partial charge in [-0.25, -0.2) is 4.98 Å². The summed E-state index contributed by atoms with van der Waals surface area (Å²) in [7, 11) is 1.57. The maximum absolute atomic E-state index is 12.6. The number of carbonyl (C=O) groups is 1. The Labute approximate surface area is 200 Å². The molecular formula is C23H23N5O3S2. The average Bonchev–Trinajstić information content (AvgIpc) is 3.29. The maximum Gasteiger partial charge on any atom is 0.270 e. The zero-order chi connectivity index (χ0) is 23.0. The van der Waals surface area contributed by atoms with Gasteiger partial charge in [-0.05, 0) is 42.0 Å². The van der Waals surface area contributed by atoms with Gasteiger partial charge in [0.2, 0.25) is 0 Å². The van der Waals surface area contributed by atoms with E-state index in [9.17, 15) is 9.90 Å². The highest BCUT2D eigenvalue weighted by molar-refractivity contribution is 8.25. The molecule has 1 aliphatic heterocycles. The van der Waals surface area contributed by atoms with Crippen LogP contribution in [0.15, 0.2) is 76.9 Å². The van der Waals surface area contributed by atoms with E-state index in [1.807, 2.05) is 24.3 Å². The van der Waals surface area contributed by atoms with Gasteiger partial charge in [-0.3, -0.25) is 14.8 Å². The second-order valence-electron chi connectivity index (χ2n) is 7.03. The summed E-state index contributed by atoms with van der Waals surface area (Å²) in [6, 6.07) is 16.4. The first-order chi connectivity index (χ1) is 16.1. The van der Waals surface area contributed by atoms with Crippen molar-refractivity contribution in [3.63, 3.8) is 0 Å². The summed E-state index contributed by atoms with van der Waals surface area (Å²) in [4.78, 5) is 26.5. The fraction of sp³-hybridized carbons (Fsp3) is 0.217. The number of pyridine rings is 2. The number of methoxy groups -OCH3 is 1. The second-order valence-corrected chi connectivity index (χ2v) is 9.80. The molecule has 0 saturated carbocycles. The van der Waals surface area contributed by atoms with E-state index >= 15 is 0 Å². The van der Waals surface area contributed by atoms with Gasteiger partial charge in [-0.2, -0.15) is 0 Å². The number of rotatable bonds is 8. The molecule has 0 radical (unpaired) electrons. The van der Waals surface area contributed by atoms with E-state index in [1.165, 1.54) is 0 Å². The predicted molar refractivity (Wildman–Crippen MR) is 132 cm³/mol. The Kier molecular flexibility index (Phi) is 7.82. The summed E-state index contributed by atoms with van der Waals surface area (Å²) in [6.45, 7) is 0.723. The number of nitrogens with zero attached hydrogens (tertiary/aromatic N) is 3. The number of nitrogens with one attached hydrogen (secondary N) is 2. The highest BCUT2D eigenvalue weighted by Gasteiger charge is 2.22. The van der Waals surface area contributed by atoms with Crippen molar-refractivity contribution in [3.8, 4) is 5.75 Å². The summed E-state index contributed by atoms with van der Waals surface area (Å²) in [6.07, 6.45) is 2.50. The second kappa shape index (κ2) is 11.2. The fourth-order valence-electron chi connectivity index (χ4n) is 3.04. The molecule has 0 spiro atoms. The van der Waals surface area contributed by atoms with Crippen molar-refractivity contribution in [3.05, 3.63) is 78.2 Å². The van der Waals surface area contributed by atoms with Crippen molar-refractivity contribution >= 4 is 40.4 Å². The Morgan fingerprint density at radius 3 is 2.94 bits per heavy atom. The van der Waals surface area contributed by atoms with Crippen LogP contribution in [0, 0.1) is 0 Å². The van der Waals surface area contributed by atoms with Crippen molar-refractivity contribution in [1.29, 1.82) is 0 Å². The lowest BCUT2D eigenvalue weighted by Gasteiger charge is -2.13. The molecule has 3 heterocycles. The van der Waals surface area contributed by atoms with Crippen molar-refractivity contribution < 1.29 is 14.6 Å². The van der Waals surface area contributed by atoms with Crippen LogP contribution in [-0.2, 0) is 0 Å². The molecule has 33 heavy (non-hydrogen) atoms. The molecule has 3 aromatic rings. The largest absolute Gasteiger partial charge is 0.497 e. The highest BCUT2D eigenvalue weighted by Crippen LogP contribution is 2.35. The first-order valence-electron chi connectivity index (χ1n) is 10.2. The van der Waals surface area contributed by atoms with Gasteiger partial charge in [0.15, 0.2) is 5.17 Å². The Balaban J connectivity index is 1.29. The molecule has 0 aliphatic carbocycles. The molecule has 3 N–H and O–H groups in total. The third-order valence-electron chi connectivity index (χ3n) is 4.69. The summed E-state index contributed by atoms with van der Waals surface area (Å²) < 4.78 is 5.36. The molecule has 2 unspecified atom stereocenters. The van der Waals surface area contributed by atoms with Gasteiger partial charge in [0, 0.05) is 23.8 Å². The lowest BCUT2D eigenvalue weighted by molar-refractivity contribution is 0.0911. The first kappa shape index (κ1) is 23.1. The fourth-order valence-corrected chi connectivity index (χ4v) is 5.32. The normalized spacial score (nSPS) is 16.1. The van der Waals surface area contributed by atoms with Crippen molar-refractivity contribution in [2.24, 2.45) is 4.99 Å². The van der Waals surface area contributed by atoms with Crippen LogP contribution in [0.1, 0.15) is 22.2 Å². The number of carbonyl (C=O) groups excluding carboxylic acids is 1. The van der Waals surface area contributed by atoms with E-state index in [1.54, 1.807) is 73.4 Å². The summed E-state index contributed by atoms with van der Waals surface area (Å²) in [5.74, 6) is 1.07. The van der Waals surface area contributed by atoms with Gasteiger partial charge in [0.1, 0.15) is 17.3 Å². The maximum atomic E-state index is 12.6. The van der Waals surface area contributed by atoms with E-state index in [0.29, 0.717) is 23.6 Å². The van der Waals surface area contributed by atoms with E-state index < -0.39 is 6.10 Å². The highest BCUT2D eigenvalue weighted by atomic mass is 32.2. The molecule has 2 aromatic heterocycles. The number of amidine groups is 1. The third-order valence-corrected chi connectivity index (χ3v) is 7.07. The predicted octanol–water partition coefficient (Wildman–Crippen LogP) is 3.58. The Morgan fingerprint density at radius 2 is 2.12 bits per heavy atom. The van der Waals surface area contributed by atoms with E-state index in [4.69, 9.17) is 4.74 Å². The third kappa shape index (κ3) is 6.47. The van der Waals surface area contributed by atoms with Crippen LogP contribution >= 0.6 is 23.5 Å². The molecule has 0 fully saturated rings. The zero-order valence-corrected chi connectivity index (χ0v) is 19.5. The number of amides is 1. The minimum absolute atomic E-state index is 0.0694. The number of ether oxygens (including phenoxy) is 1. The zero-order valence-electron chi connectivity index (χ0n) is 17.8. The van der Waals surface area contributed by atoms with E-state index in [-0.39, 0.29) is 17.0 Å². The SMILES string of the molecule is COc1cccc(C(O)CNC(=O)c2cc(SC3CN=C(Nc4ccccn4)S3)ccn2)c1. The van der Waals surface area contributed by atoms with Crippen LogP contribution in [0.3, 0.4) is 0 Å². The first-order valence-corrected chi connectivity index (χ1v) is 12.0. The van der Waals surface area contributed by atoms with Gasteiger partial charge >= 0.3 is 0 Å². The summed E-state index contributed by atoms with van der Waals surface area (Å²) in [5, 5.41) is 17.2. The standard InChI is InChI=1S/C23H23N5O3S2/c1-31-16-6-4-5-15(11-16)19(29)13-26-22(30)18-12-17(8-10-24-18)32-21-14-27-23(33-21)28-20-7-2-3-9-25-20/h2-12,19,21,29H,13-14H2,1H3,(H,26,30)(H,25,27,28). The van der Waals surface area contributed by atoms with Gasteiger partial charge in [-0.1, -0.05) is 30.0 Å². The molecule has 1 amide bonds. The number of aliphatic hydroxyl groups excluding tert-OH is 1. The molecular weight excluding hydrogens is 458 g/mol. The average molecular weight is 482 g/mol. The number of thioether (sulfide) groups is 2. The number of aromatic nitrogens is 2. The number of aliphatic imine (C=N–C) groups is 1. The van der Waals surface area contributed by atoms with Crippen LogP contribution in [0.5, 0.6) is 5.75 Å². The lowest BCUT2D eigenvalue weighted by Crippen LogP contribution is -2.29. The smallest absolute Gasteiger partial charge is 0.270 e. The van der Waals surface area contributed by atoms with E-state index in [0.717, 1.165) is 15.9 Å². The van der Waals surface area contributed by atoms with Crippen molar-refractivity contribution in [1.82, 2.24) is 15.3 Å². The topological polar surface area (TPSA) is 109 Å². The Morgan fingerprint density at radius 1 is 1.21 bits per heavy atom. The van der Waals surface area contributed by atoms with Crippen LogP contribution < -0.4 is 15.4 Å². The van der Waals surface area contributed by atoms with Gasteiger partial charge in [0.25, 0.3) is 5.91 Å². The van der Waals surface area contributed by atoms with Gasteiger partial charge < -0.3 is 20.5 Å². The molecule has 170 valence electrons. The molecule has 0 bridgehead atoms.